The molecule has 0 amide bonds. The molecule has 4 heteroatoms. The minimum Gasteiger partial charge on any atom is -0.376 e. The molecule has 4 nitrogen and oxygen atoms in total. The lowest BCUT2D eigenvalue weighted by molar-refractivity contribution is -0.0527. The van der Waals surface area contributed by atoms with Gasteiger partial charge in [-0.3, -0.25) is 4.90 Å². The lowest BCUT2D eigenvalue weighted by Crippen LogP contribution is -2.38. The lowest BCUT2D eigenvalue weighted by Gasteiger charge is -2.24. The van der Waals surface area contributed by atoms with Gasteiger partial charge in [0.15, 0.2) is 0 Å². The molecule has 0 aliphatic carbocycles. The molecule has 1 atom stereocenters. The Kier molecular flexibility index (Phi) is 7.39. The monoisotopic (exact) mass is 176 g/mol. The fourth-order valence-corrected chi connectivity index (χ4v) is 1.02. The van der Waals surface area contributed by atoms with Crippen molar-refractivity contribution in [2.45, 2.75) is 20.1 Å². The summed E-state index contributed by atoms with van der Waals surface area (Å²) in [6.45, 7) is 7.06. The van der Waals surface area contributed by atoms with Crippen LogP contribution < -0.4 is 5.73 Å². The van der Waals surface area contributed by atoms with Gasteiger partial charge in [-0.25, -0.2) is 0 Å². The number of aliphatic hydroxyl groups is 1. The minimum absolute atomic E-state index is 0.346. The van der Waals surface area contributed by atoms with Crippen molar-refractivity contribution < 1.29 is 9.84 Å². The molecular weight excluding hydrogens is 156 g/mol. The normalized spacial score (nSPS) is 13.8. The van der Waals surface area contributed by atoms with E-state index in [0.29, 0.717) is 19.8 Å². The molecular formula is C8H20N2O2. The largest absolute Gasteiger partial charge is 0.376 e. The van der Waals surface area contributed by atoms with Crippen LogP contribution >= 0.6 is 0 Å². The molecule has 0 rings (SSSR count). The highest BCUT2D eigenvalue weighted by molar-refractivity contribution is 4.56. The van der Waals surface area contributed by atoms with Gasteiger partial charge in [0, 0.05) is 6.54 Å². The van der Waals surface area contributed by atoms with Gasteiger partial charge in [0.2, 0.25) is 0 Å². The van der Waals surface area contributed by atoms with Gasteiger partial charge in [0.25, 0.3) is 0 Å². The van der Waals surface area contributed by atoms with E-state index in [-0.39, 0.29) is 0 Å². The first-order chi connectivity index (χ1) is 5.76. The maximum Gasteiger partial charge on any atom is 0.130 e. The molecule has 1 unspecified atom stereocenters. The van der Waals surface area contributed by atoms with Crippen molar-refractivity contribution in [1.82, 2.24) is 4.90 Å². The molecule has 0 bridgehead atoms. The van der Waals surface area contributed by atoms with Gasteiger partial charge in [0.05, 0.1) is 13.2 Å². The molecule has 0 aromatic rings. The molecule has 0 saturated heterocycles. The molecule has 0 fully saturated rings. The summed E-state index contributed by atoms with van der Waals surface area (Å²) >= 11 is 0. The van der Waals surface area contributed by atoms with Crippen LogP contribution in [0.4, 0.5) is 0 Å². The molecule has 3 N–H and O–H groups in total. The average Bonchev–Trinajstić information content (AvgIpc) is 2.07. The molecule has 0 heterocycles. The van der Waals surface area contributed by atoms with Crippen molar-refractivity contribution in [2.75, 3.05) is 32.8 Å². The van der Waals surface area contributed by atoms with E-state index in [1.54, 1.807) is 0 Å². The van der Waals surface area contributed by atoms with E-state index < -0.39 is 6.23 Å². The number of aliphatic hydroxyl groups excluding tert-OH is 1. The van der Waals surface area contributed by atoms with Crippen LogP contribution in [0, 0.1) is 0 Å². The molecule has 0 radical (unpaired) electrons. The number of likely N-dealkylation sites (N-methyl/N-ethyl adjacent to an activating group) is 1. The molecule has 0 saturated carbocycles. The van der Waals surface area contributed by atoms with Gasteiger partial charge in [-0.15, -0.1) is 0 Å². The van der Waals surface area contributed by atoms with E-state index in [4.69, 9.17) is 10.5 Å². The highest BCUT2D eigenvalue weighted by Crippen LogP contribution is 1.95. The zero-order valence-corrected chi connectivity index (χ0v) is 7.99. The van der Waals surface area contributed by atoms with Gasteiger partial charge in [0.1, 0.15) is 6.23 Å². The maximum atomic E-state index is 9.50. The molecule has 0 aromatic carbocycles. The Balaban J connectivity index is 3.47. The van der Waals surface area contributed by atoms with Crippen LogP contribution in [0.1, 0.15) is 13.8 Å². The molecule has 12 heavy (non-hydrogen) atoms. The molecule has 0 aliphatic heterocycles. The number of hydrogen-bond donors (Lipinski definition) is 2. The van der Waals surface area contributed by atoms with E-state index in [0.717, 1.165) is 13.1 Å². The zero-order valence-electron chi connectivity index (χ0n) is 7.99. The van der Waals surface area contributed by atoms with Crippen molar-refractivity contribution in [2.24, 2.45) is 5.73 Å². The Morgan fingerprint density at radius 1 is 1.42 bits per heavy atom. The first-order valence-electron chi connectivity index (χ1n) is 4.46. The topological polar surface area (TPSA) is 58.7 Å². The number of hydrogen-bond acceptors (Lipinski definition) is 4. The van der Waals surface area contributed by atoms with Crippen molar-refractivity contribution in [3.63, 3.8) is 0 Å². The predicted octanol–water partition coefficient (Wildman–Crippen LogP) is -0.378. The van der Waals surface area contributed by atoms with Crippen LogP contribution in [0.2, 0.25) is 0 Å². The average molecular weight is 176 g/mol. The third-order valence-corrected chi connectivity index (χ3v) is 1.76. The smallest absolute Gasteiger partial charge is 0.130 e. The van der Waals surface area contributed by atoms with E-state index in [1.807, 2.05) is 18.7 Å². The summed E-state index contributed by atoms with van der Waals surface area (Å²) in [5.74, 6) is 0. The third-order valence-electron chi connectivity index (χ3n) is 1.76. The standard InChI is InChI=1S/C8H20N2O2/c1-3-10(4-2)8(11)7-12-6-5-9/h8,11H,3-7,9H2,1-2H3. The summed E-state index contributed by atoms with van der Waals surface area (Å²) in [5, 5.41) is 9.50. The van der Waals surface area contributed by atoms with Crippen molar-refractivity contribution in [3.05, 3.63) is 0 Å². The summed E-state index contributed by atoms with van der Waals surface area (Å²) in [7, 11) is 0. The Morgan fingerprint density at radius 2 is 2.00 bits per heavy atom. The third kappa shape index (κ3) is 4.66. The lowest BCUT2D eigenvalue weighted by atomic mass is 10.4. The predicted molar refractivity (Wildman–Crippen MR) is 48.8 cm³/mol. The second kappa shape index (κ2) is 7.49. The summed E-state index contributed by atoms with van der Waals surface area (Å²) in [5.41, 5.74) is 5.24. The van der Waals surface area contributed by atoms with Gasteiger partial charge in [-0.1, -0.05) is 13.8 Å². The van der Waals surface area contributed by atoms with Crippen LogP contribution in [0.25, 0.3) is 0 Å². The number of ether oxygens (including phenoxy) is 1. The van der Waals surface area contributed by atoms with E-state index in [2.05, 4.69) is 0 Å². The molecule has 74 valence electrons. The van der Waals surface area contributed by atoms with Crippen LogP contribution in [0.5, 0.6) is 0 Å². The van der Waals surface area contributed by atoms with Gasteiger partial charge >= 0.3 is 0 Å². The van der Waals surface area contributed by atoms with Crippen molar-refractivity contribution >= 4 is 0 Å². The zero-order chi connectivity index (χ0) is 9.40. The van der Waals surface area contributed by atoms with Crippen LogP contribution in [-0.4, -0.2) is 49.1 Å². The number of nitrogens with zero attached hydrogens (tertiary/aromatic N) is 1. The Labute approximate surface area is 74.3 Å². The Morgan fingerprint density at radius 3 is 2.42 bits per heavy atom. The highest BCUT2D eigenvalue weighted by atomic mass is 16.5. The number of rotatable bonds is 7. The number of nitrogens with two attached hydrogens (primary N) is 1. The second-order valence-electron chi connectivity index (χ2n) is 2.57. The second-order valence-corrected chi connectivity index (χ2v) is 2.57. The van der Waals surface area contributed by atoms with Gasteiger partial charge < -0.3 is 15.6 Å². The summed E-state index contributed by atoms with van der Waals surface area (Å²) in [6, 6.07) is 0. The Bertz CT molecular complexity index is 97.1. The first kappa shape index (κ1) is 11.8. The first-order valence-corrected chi connectivity index (χ1v) is 4.46. The molecule has 0 aromatic heterocycles. The minimum atomic E-state index is -0.494. The van der Waals surface area contributed by atoms with Crippen LogP contribution in [0.15, 0.2) is 0 Å². The van der Waals surface area contributed by atoms with Crippen LogP contribution in [-0.2, 0) is 4.74 Å². The molecule has 0 aliphatic rings. The summed E-state index contributed by atoms with van der Waals surface area (Å²) in [6.07, 6.45) is -0.494. The quantitative estimate of drug-likeness (QED) is 0.410. The van der Waals surface area contributed by atoms with Crippen LogP contribution in [0.3, 0.4) is 0 Å². The Hall–Kier alpha value is -0.160. The fraction of sp³-hybridized carbons (Fsp3) is 1.00. The van der Waals surface area contributed by atoms with Gasteiger partial charge in [-0.2, -0.15) is 0 Å². The summed E-state index contributed by atoms with van der Waals surface area (Å²) in [4.78, 5) is 1.93. The van der Waals surface area contributed by atoms with Crippen molar-refractivity contribution in [1.29, 1.82) is 0 Å². The van der Waals surface area contributed by atoms with Crippen molar-refractivity contribution in [3.8, 4) is 0 Å². The van der Waals surface area contributed by atoms with Gasteiger partial charge in [-0.05, 0) is 13.1 Å². The van der Waals surface area contributed by atoms with E-state index in [9.17, 15) is 5.11 Å². The van der Waals surface area contributed by atoms with E-state index >= 15 is 0 Å². The molecule has 0 spiro atoms. The SMILES string of the molecule is CCN(CC)C(O)COCCN. The maximum absolute atomic E-state index is 9.50. The highest BCUT2D eigenvalue weighted by Gasteiger charge is 2.10. The summed E-state index contributed by atoms with van der Waals surface area (Å²) < 4.78 is 5.11. The van der Waals surface area contributed by atoms with E-state index in [1.165, 1.54) is 0 Å². The fourth-order valence-electron chi connectivity index (χ4n) is 1.02.